The van der Waals surface area contributed by atoms with Crippen LogP contribution in [0.4, 0.5) is 0 Å². The minimum absolute atomic E-state index is 0.267. The fraction of sp³-hybridized carbons (Fsp3) is 0.235. The maximum atomic E-state index is 11.9. The SMILES string of the molecule is CC(Oc1ccc(Cl)cc1)C(=O)NCCNC(=O)c1ccccn1. The number of hydrogen-bond donors (Lipinski definition) is 2. The lowest BCUT2D eigenvalue weighted by Crippen LogP contribution is -2.40. The van der Waals surface area contributed by atoms with Gasteiger partial charge in [0, 0.05) is 24.3 Å². The van der Waals surface area contributed by atoms with E-state index in [-0.39, 0.29) is 11.8 Å². The van der Waals surface area contributed by atoms with Crippen molar-refractivity contribution in [3.05, 3.63) is 59.4 Å². The van der Waals surface area contributed by atoms with E-state index < -0.39 is 6.10 Å². The van der Waals surface area contributed by atoms with E-state index in [9.17, 15) is 9.59 Å². The van der Waals surface area contributed by atoms with Crippen LogP contribution in [-0.4, -0.2) is 36.0 Å². The average Bonchev–Trinajstić information content (AvgIpc) is 2.61. The number of amides is 2. The molecule has 1 unspecified atom stereocenters. The van der Waals surface area contributed by atoms with Gasteiger partial charge in [-0.25, -0.2) is 0 Å². The second-order valence-electron chi connectivity index (χ2n) is 4.98. The number of aromatic nitrogens is 1. The molecule has 7 heteroatoms. The monoisotopic (exact) mass is 347 g/mol. The fourth-order valence-corrected chi connectivity index (χ4v) is 1.99. The van der Waals surface area contributed by atoms with Crippen molar-refractivity contribution in [2.45, 2.75) is 13.0 Å². The molecule has 24 heavy (non-hydrogen) atoms. The summed E-state index contributed by atoms with van der Waals surface area (Å²) in [5, 5.41) is 5.97. The number of carbonyl (C=O) groups is 2. The predicted octanol–water partition coefficient (Wildman–Crippen LogP) is 2.05. The molecule has 2 amide bonds. The first kappa shape index (κ1) is 17.7. The zero-order chi connectivity index (χ0) is 17.4. The van der Waals surface area contributed by atoms with Crippen LogP contribution in [0.3, 0.4) is 0 Å². The van der Waals surface area contributed by atoms with Gasteiger partial charge in [-0.1, -0.05) is 17.7 Å². The van der Waals surface area contributed by atoms with Crippen LogP contribution in [0, 0.1) is 0 Å². The number of nitrogens with zero attached hydrogens (tertiary/aromatic N) is 1. The van der Waals surface area contributed by atoms with E-state index in [0.717, 1.165) is 0 Å². The summed E-state index contributed by atoms with van der Waals surface area (Å²) in [6.07, 6.45) is 0.893. The Balaban J connectivity index is 1.69. The maximum Gasteiger partial charge on any atom is 0.269 e. The van der Waals surface area contributed by atoms with Crippen molar-refractivity contribution in [1.82, 2.24) is 15.6 Å². The smallest absolute Gasteiger partial charge is 0.269 e. The van der Waals surface area contributed by atoms with Crippen molar-refractivity contribution in [3.63, 3.8) is 0 Å². The van der Waals surface area contributed by atoms with Crippen LogP contribution >= 0.6 is 11.6 Å². The van der Waals surface area contributed by atoms with Crippen LogP contribution in [0.1, 0.15) is 17.4 Å². The number of hydrogen-bond acceptors (Lipinski definition) is 4. The number of benzene rings is 1. The summed E-state index contributed by atoms with van der Waals surface area (Å²) in [6.45, 7) is 2.25. The van der Waals surface area contributed by atoms with Gasteiger partial charge in [0.15, 0.2) is 6.10 Å². The van der Waals surface area contributed by atoms with Gasteiger partial charge in [-0.05, 0) is 43.3 Å². The molecule has 6 nitrogen and oxygen atoms in total. The number of nitrogens with one attached hydrogen (secondary N) is 2. The Hall–Kier alpha value is -2.60. The van der Waals surface area contributed by atoms with Crippen molar-refractivity contribution in [2.75, 3.05) is 13.1 Å². The van der Waals surface area contributed by atoms with Crippen LogP contribution in [0.5, 0.6) is 5.75 Å². The largest absolute Gasteiger partial charge is 0.481 e. The molecule has 1 aromatic carbocycles. The Morgan fingerprint density at radius 1 is 1.12 bits per heavy atom. The molecule has 2 rings (SSSR count). The number of halogens is 1. The molecule has 0 saturated carbocycles. The van der Waals surface area contributed by atoms with E-state index in [0.29, 0.717) is 29.6 Å². The van der Waals surface area contributed by atoms with Gasteiger partial charge in [0.05, 0.1) is 0 Å². The number of carbonyl (C=O) groups excluding carboxylic acids is 2. The van der Waals surface area contributed by atoms with E-state index in [2.05, 4.69) is 15.6 Å². The third-order valence-corrected chi connectivity index (χ3v) is 3.36. The molecule has 0 saturated heterocycles. The van der Waals surface area contributed by atoms with Crippen molar-refractivity contribution in [3.8, 4) is 5.75 Å². The number of ether oxygens (including phenoxy) is 1. The first-order valence-corrected chi connectivity index (χ1v) is 7.83. The summed E-state index contributed by atoms with van der Waals surface area (Å²) in [4.78, 5) is 27.7. The summed E-state index contributed by atoms with van der Waals surface area (Å²) in [6, 6.07) is 11.9. The molecule has 1 aromatic heterocycles. The van der Waals surface area contributed by atoms with E-state index in [1.165, 1.54) is 0 Å². The van der Waals surface area contributed by atoms with Gasteiger partial charge in [-0.15, -0.1) is 0 Å². The fourth-order valence-electron chi connectivity index (χ4n) is 1.86. The normalized spacial score (nSPS) is 11.4. The highest BCUT2D eigenvalue weighted by Crippen LogP contribution is 2.16. The minimum Gasteiger partial charge on any atom is -0.481 e. The molecule has 0 spiro atoms. The number of rotatable bonds is 7. The first-order chi connectivity index (χ1) is 11.6. The standard InChI is InChI=1S/C17H18ClN3O3/c1-12(24-14-7-5-13(18)6-8-14)16(22)20-10-11-21-17(23)15-4-2-3-9-19-15/h2-9,12H,10-11H2,1H3,(H,20,22)(H,21,23). The number of pyridine rings is 1. The molecular formula is C17H18ClN3O3. The third kappa shape index (κ3) is 5.55. The molecule has 126 valence electrons. The third-order valence-electron chi connectivity index (χ3n) is 3.10. The molecule has 2 aromatic rings. The Kier molecular flexibility index (Phi) is 6.57. The van der Waals surface area contributed by atoms with E-state index in [4.69, 9.17) is 16.3 Å². The predicted molar refractivity (Wildman–Crippen MR) is 91.1 cm³/mol. The van der Waals surface area contributed by atoms with E-state index in [1.807, 2.05) is 0 Å². The minimum atomic E-state index is -0.655. The lowest BCUT2D eigenvalue weighted by Gasteiger charge is -2.15. The van der Waals surface area contributed by atoms with Gasteiger partial charge < -0.3 is 15.4 Å². The Bertz CT molecular complexity index is 677. The van der Waals surface area contributed by atoms with Crippen molar-refractivity contribution >= 4 is 23.4 Å². The molecular weight excluding hydrogens is 330 g/mol. The van der Waals surface area contributed by atoms with Crippen molar-refractivity contribution in [1.29, 1.82) is 0 Å². The van der Waals surface area contributed by atoms with Crippen LogP contribution in [0.25, 0.3) is 0 Å². The van der Waals surface area contributed by atoms with E-state index in [1.54, 1.807) is 55.6 Å². The zero-order valence-corrected chi connectivity index (χ0v) is 13.9. The van der Waals surface area contributed by atoms with Crippen molar-refractivity contribution in [2.24, 2.45) is 0 Å². The highest BCUT2D eigenvalue weighted by atomic mass is 35.5. The van der Waals surface area contributed by atoms with Crippen LogP contribution < -0.4 is 15.4 Å². The van der Waals surface area contributed by atoms with Gasteiger partial charge in [0.25, 0.3) is 11.8 Å². The van der Waals surface area contributed by atoms with Gasteiger partial charge >= 0.3 is 0 Å². The Morgan fingerprint density at radius 2 is 1.83 bits per heavy atom. The second kappa shape index (κ2) is 8.88. The second-order valence-corrected chi connectivity index (χ2v) is 5.41. The zero-order valence-electron chi connectivity index (χ0n) is 13.2. The molecule has 0 radical (unpaired) electrons. The molecule has 1 heterocycles. The topological polar surface area (TPSA) is 80.3 Å². The van der Waals surface area contributed by atoms with Crippen LogP contribution in [-0.2, 0) is 4.79 Å². The molecule has 0 bridgehead atoms. The lowest BCUT2D eigenvalue weighted by atomic mass is 10.3. The van der Waals surface area contributed by atoms with Gasteiger partial charge in [0.1, 0.15) is 11.4 Å². The molecule has 0 aliphatic carbocycles. The highest BCUT2D eigenvalue weighted by molar-refractivity contribution is 6.30. The van der Waals surface area contributed by atoms with Crippen LogP contribution in [0.15, 0.2) is 48.7 Å². The van der Waals surface area contributed by atoms with Gasteiger partial charge in [0.2, 0.25) is 0 Å². The lowest BCUT2D eigenvalue weighted by molar-refractivity contribution is -0.127. The van der Waals surface area contributed by atoms with Crippen LogP contribution in [0.2, 0.25) is 5.02 Å². The molecule has 0 aliphatic heterocycles. The molecule has 0 fully saturated rings. The van der Waals surface area contributed by atoms with Gasteiger partial charge in [-0.2, -0.15) is 0 Å². The summed E-state index contributed by atoms with van der Waals surface area (Å²) >= 11 is 5.79. The van der Waals surface area contributed by atoms with Gasteiger partial charge in [-0.3, -0.25) is 14.6 Å². The quantitative estimate of drug-likeness (QED) is 0.751. The summed E-state index contributed by atoms with van der Waals surface area (Å²) < 4.78 is 5.51. The molecule has 2 N–H and O–H groups in total. The van der Waals surface area contributed by atoms with Crippen molar-refractivity contribution < 1.29 is 14.3 Å². The molecule has 1 atom stereocenters. The maximum absolute atomic E-state index is 11.9. The average molecular weight is 348 g/mol. The molecule has 0 aliphatic rings. The Morgan fingerprint density at radius 3 is 2.50 bits per heavy atom. The summed E-state index contributed by atoms with van der Waals surface area (Å²) in [5.41, 5.74) is 0.336. The summed E-state index contributed by atoms with van der Waals surface area (Å²) in [7, 11) is 0. The highest BCUT2D eigenvalue weighted by Gasteiger charge is 2.14. The Labute approximate surface area is 145 Å². The summed E-state index contributed by atoms with van der Waals surface area (Å²) in [5.74, 6) is 0.0119. The van der Waals surface area contributed by atoms with E-state index >= 15 is 0 Å². The first-order valence-electron chi connectivity index (χ1n) is 7.45.